The number of hydrogen-bond acceptors (Lipinski definition) is 6. The van der Waals surface area contributed by atoms with Gasteiger partial charge in [-0.2, -0.15) is 0 Å². The number of hydrogen-bond donors (Lipinski definition) is 2. The van der Waals surface area contributed by atoms with Crippen molar-refractivity contribution < 1.29 is 14.3 Å². The van der Waals surface area contributed by atoms with Crippen molar-refractivity contribution in [1.82, 2.24) is 4.98 Å². The van der Waals surface area contributed by atoms with Crippen LogP contribution in [-0.2, 0) is 9.47 Å². The summed E-state index contributed by atoms with van der Waals surface area (Å²) in [5, 5.41) is 3.15. The summed E-state index contributed by atoms with van der Waals surface area (Å²) in [6.45, 7) is 2.29. The largest absolute Gasteiger partial charge is 0.464 e. The number of anilines is 2. The molecule has 0 radical (unpaired) electrons. The van der Waals surface area contributed by atoms with Gasteiger partial charge in [0.2, 0.25) is 0 Å². The Hall–Kier alpha value is -1.82. The lowest BCUT2D eigenvalue weighted by Crippen LogP contribution is -2.17. The maximum atomic E-state index is 11.4. The van der Waals surface area contributed by atoms with Crippen LogP contribution in [0.1, 0.15) is 16.9 Å². The molecule has 1 aliphatic rings. The Kier molecular flexibility index (Phi) is 3.99. The Labute approximate surface area is 105 Å². The third kappa shape index (κ3) is 2.89. The van der Waals surface area contributed by atoms with Crippen molar-refractivity contribution >= 4 is 17.5 Å². The topological polar surface area (TPSA) is 86.5 Å². The van der Waals surface area contributed by atoms with Crippen LogP contribution in [0.15, 0.2) is 12.1 Å². The molecule has 6 heteroatoms. The lowest BCUT2D eigenvalue weighted by molar-refractivity contribution is 0.0594. The number of methoxy groups -OCH3 is 1. The summed E-state index contributed by atoms with van der Waals surface area (Å²) < 4.78 is 9.91. The van der Waals surface area contributed by atoms with Crippen molar-refractivity contribution in [3.05, 3.63) is 17.8 Å². The molecule has 2 heterocycles. The first kappa shape index (κ1) is 12.6. The van der Waals surface area contributed by atoms with Gasteiger partial charge in [-0.3, -0.25) is 0 Å². The summed E-state index contributed by atoms with van der Waals surface area (Å²) in [5.41, 5.74) is 6.57. The van der Waals surface area contributed by atoms with Crippen LogP contribution in [0.5, 0.6) is 0 Å². The molecule has 0 saturated carbocycles. The molecule has 0 aliphatic carbocycles. The Bertz CT molecular complexity index is 431. The molecular formula is C12H17N3O3. The highest BCUT2D eigenvalue weighted by Gasteiger charge is 2.16. The van der Waals surface area contributed by atoms with E-state index in [4.69, 9.17) is 10.5 Å². The van der Waals surface area contributed by atoms with Gasteiger partial charge in [0.15, 0.2) is 5.69 Å². The third-order valence-electron chi connectivity index (χ3n) is 2.90. The van der Waals surface area contributed by atoms with Gasteiger partial charge in [-0.1, -0.05) is 0 Å². The second-order valence-electron chi connectivity index (χ2n) is 4.24. The predicted octanol–water partition coefficient (Wildman–Crippen LogP) is 0.899. The number of aromatic nitrogens is 1. The molecular weight excluding hydrogens is 234 g/mol. The molecule has 0 aromatic carbocycles. The molecule has 18 heavy (non-hydrogen) atoms. The van der Waals surface area contributed by atoms with Gasteiger partial charge < -0.3 is 20.5 Å². The monoisotopic (exact) mass is 251 g/mol. The number of pyridine rings is 1. The Balaban J connectivity index is 2.03. The van der Waals surface area contributed by atoms with Crippen LogP contribution < -0.4 is 11.1 Å². The number of carbonyl (C=O) groups is 1. The highest BCUT2D eigenvalue weighted by Crippen LogP contribution is 2.18. The summed E-state index contributed by atoms with van der Waals surface area (Å²) in [6.07, 6.45) is 1.03. The number of nitrogens with zero attached hydrogens (tertiary/aromatic N) is 1. The summed E-state index contributed by atoms with van der Waals surface area (Å²) in [4.78, 5) is 15.5. The minimum absolute atomic E-state index is 0.247. The zero-order chi connectivity index (χ0) is 13.0. The Morgan fingerprint density at radius 3 is 3.17 bits per heavy atom. The van der Waals surface area contributed by atoms with Crippen molar-refractivity contribution in [1.29, 1.82) is 0 Å². The Morgan fingerprint density at radius 2 is 2.50 bits per heavy atom. The fraction of sp³-hybridized carbons (Fsp3) is 0.500. The number of nitrogen functional groups attached to an aromatic ring is 1. The van der Waals surface area contributed by atoms with Crippen molar-refractivity contribution in [3.63, 3.8) is 0 Å². The number of nitrogens with one attached hydrogen (secondary N) is 1. The molecule has 2 rings (SSSR count). The minimum Gasteiger partial charge on any atom is -0.464 e. The molecule has 1 saturated heterocycles. The summed E-state index contributed by atoms with van der Waals surface area (Å²) in [6, 6.07) is 3.19. The van der Waals surface area contributed by atoms with E-state index in [2.05, 4.69) is 15.0 Å². The molecule has 6 nitrogen and oxygen atoms in total. The van der Waals surface area contributed by atoms with Gasteiger partial charge in [0.25, 0.3) is 0 Å². The lowest BCUT2D eigenvalue weighted by atomic mass is 10.1. The van der Waals surface area contributed by atoms with E-state index < -0.39 is 5.97 Å². The van der Waals surface area contributed by atoms with Crippen LogP contribution in [0.3, 0.4) is 0 Å². The molecule has 1 atom stereocenters. The van der Waals surface area contributed by atoms with E-state index in [9.17, 15) is 4.79 Å². The van der Waals surface area contributed by atoms with Crippen molar-refractivity contribution in [2.24, 2.45) is 5.92 Å². The second kappa shape index (κ2) is 5.68. The number of nitrogens with two attached hydrogens (primary N) is 1. The van der Waals surface area contributed by atoms with Crippen LogP contribution in [0.25, 0.3) is 0 Å². The smallest absolute Gasteiger partial charge is 0.356 e. The van der Waals surface area contributed by atoms with E-state index in [-0.39, 0.29) is 5.69 Å². The zero-order valence-corrected chi connectivity index (χ0v) is 10.3. The van der Waals surface area contributed by atoms with Gasteiger partial charge >= 0.3 is 5.97 Å². The van der Waals surface area contributed by atoms with E-state index in [0.717, 1.165) is 26.2 Å². The average Bonchev–Trinajstić information content (AvgIpc) is 2.90. The van der Waals surface area contributed by atoms with Gasteiger partial charge in [-0.15, -0.1) is 0 Å². The molecule has 1 fully saturated rings. The first-order chi connectivity index (χ1) is 8.70. The second-order valence-corrected chi connectivity index (χ2v) is 4.24. The fourth-order valence-electron chi connectivity index (χ4n) is 1.82. The molecule has 0 bridgehead atoms. The van der Waals surface area contributed by atoms with Crippen molar-refractivity contribution in [2.75, 3.05) is 37.9 Å². The first-order valence-corrected chi connectivity index (χ1v) is 5.87. The average molecular weight is 251 g/mol. The van der Waals surface area contributed by atoms with Crippen LogP contribution in [-0.4, -0.2) is 37.8 Å². The van der Waals surface area contributed by atoms with E-state index in [1.807, 2.05) is 0 Å². The van der Waals surface area contributed by atoms with E-state index in [1.165, 1.54) is 7.11 Å². The third-order valence-corrected chi connectivity index (χ3v) is 2.90. The normalized spacial score (nSPS) is 18.6. The predicted molar refractivity (Wildman–Crippen MR) is 67.4 cm³/mol. The minimum atomic E-state index is -0.470. The molecule has 0 amide bonds. The fourth-order valence-corrected chi connectivity index (χ4v) is 1.82. The lowest BCUT2D eigenvalue weighted by Gasteiger charge is -2.12. The van der Waals surface area contributed by atoms with E-state index in [1.54, 1.807) is 12.1 Å². The molecule has 0 spiro atoms. The van der Waals surface area contributed by atoms with Crippen molar-refractivity contribution in [2.45, 2.75) is 6.42 Å². The number of rotatable bonds is 4. The van der Waals surface area contributed by atoms with Gasteiger partial charge in [0, 0.05) is 19.1 Å². The highest BCUT2D eigenvalue weighted by atomic mass is 16.5. The maximum absolute atomic E-state index is 11.4. The van der Waals surface area contributed by atoms with Crippen LogP contribution >= 0.6 is 0 Å². The SMILES string of the molecule is COC(=O)c1ccc(N)c(NCC2CCOC2)n1. The summed E-state index contributed by atoms with van der Waals surface area (Å²) >= 11 is 0. The summed E-state index contributed by atoms with van der Waals surface area (Å²) in [7, 11) is 1.32. The first-order valence-electron chi connectivity index (χ1n) is 5.87. The number of ether oxygens (including phenoxy) is 2. The number of carbonyl (C=O) groups excluding carboxylic acids is 1. The van der Waals surface area contributed by atoms with Gasteiger partial charge in [0.1, 0.15) is 5.82 Å². The molecule has 1 aliphatic heterocycles. The van der Waals surface area contributed by atoms with Crippen LogP contribution in [0.2, 0.25) is 0 Å². The van der Waals surface area contributed by atoms with Crippen LogP contribution in [0, 0.1) is 5.92 Å². The van der Waals surface area contributed by atoms with E-state index >= 15 is 0 Å². The maximum Gasteiger partial charge on any atom is 0.356 e. The summed E-state index contributed by atoms with van der Waals surface area (Å²) in [5.74, 6) is 0.514. The molecule has 1 aromatic rings. The van der Waals surface area contributed by atoms with Crippen LogP contribution in [0.4, 0.5) is 11.5 Å². The zero-order valence-electron chi connectivity index (χ0n) is 10.3. The Morgan fingerprint density at radius 1 is 1.67 bits per heavy atom. The standard InChI is InChI=1S/C12H17N3O3/c1-17-12(16)10-3-2-9(13)11(15-10)14-6-8-4-5-18-7-8/h2-3,8H,4-7,13H2,1H3,(H,14,15). The molecule has 1 aromatic heterocycles. The quantitative estimate of drug-likeness (QED) is 0.773. The molecule has 1 unspecified atom stereocenters. The van der Waals surface area contributed by atoms with Gasteiger partial charge in [-0.05, 0) is 18.6 Å². The van der Waals surface area contributed by atoms with Gasteiger partial charge in [0.05, 0.1) is 19.4 Å². The highest BCUT2D eigenvalue weighted by molar-refractivity contribution is 5.88. The van der Waals surface area contributed by atoms with Gasteiger partial charge in [-0.25, -0.2) is 9.78 Å². The number of esters is 1. The van der Waals surface area contributed by atoms with Crippen molar-refractivity contribution in [3.8, 4) is 0 Å². The molecule has 3 N–H and O–H groups in total. The molecule has 98 valence electrons. The van der Waals surface area contributed by atoms with E-state index in [0.29, 0.717) is 17.4 Å².